The number of hydrogen-bond donors (Lipinski definition) is 1. The molecule has 1 aliphatic rings. The third-order valence-electron chi connectivity index (χ3n) is 3.61. The van der Waals surface area contributed by atoms with Crippen molar-refractivity contribution in [2.24, 2.45) is 5.92 Å². The maximum atomic E-state index is 12.1. The first-order valence-electron chi connectivity index (χ1n) is 6.55. The van der Waals surface area contributed by atoms with Crippen LogP contribution in [0.4, 0.5) is 0 Å². The average Bonchev–Trinajstić information content (AvgIpc) is 3.11. The second kappa shape index (κ2) is 4.91. The zero-order chi connectivity index (χ0) is 12.3. The lowest BCUT2D eigenvalue weighted by molar-refractivity contribution is -0.125. The number of benzene rings is 1. The van der Waals surface area contributed by atoms with E-state index in [2.05, 4.69) is 24.4 Å². The summed E-state index contributed by atoms with van der Waals surface area (Å²) in [7, 11) is 0. The fraction of sp³-hybridized carbons (Fsp3) is 0.533. The van der Waals surface area contributed by atoms with E-state index in [-0.39, 0.29) is 17.4 Å². The maximum Gasteiger partial charge on any atom is 0.223 e. The van der Waals surface area contributed by atoms with Gasteiger partial charge in [0.15, 0.2) is 0 Å². The Hall–Kier alpha value is -1.31. The average molecular weight is 231 g/mol. The van der Waals surface area contributed by atoms with Crippen LogP contribution in [-0.2, 0) is 10.3 Å². The van der Waals surface area contributed by atoms with Gasteiger partial charge in [-0.2, -0.15) is 0 Å². The first-order valence-corrected chi connectivity index (χ1v) is 6.55. The lowest BCUT2D eigenvalue weighted by Gasteiger charge is -2.20. The van der Waals surface area contributed by atoms with E-state index in [1.54, 1.807) is 0 Å². The van der Waals surface area contributed by atoms with Gasteiger partial charge in [-0.1, -0.05) is 50.6 Å². The number of carbonyl (C=O) groups is 1. The molecule has 17 heavy (non-hydrogen) atoms. The maximum absolute atomic E-state index is 12.1. The Bertz CT molecular complexity index is 381. The molecule has 0 spiro atoms. The Balaban J connectivity index is 2.02. The molecular formula is C15H21NO. The van der Waals surface area contributed by atoms with Crippen molar-refractivity contribution in [2.75, 3.05) is 0 Å². The summed E-state index contributed by atoms with van der Waals surface area (Å²) in [5.41, 5.74) is 1.19. The van der Waals surface area contributed by atoms with E-state index in [0.717, 1.165) is 25.7 Å². The summed E-state index contributed by atoms with van der Waals surface area (Å²) >= 11 is 0. The molecule has 1 aromatic carbocycles. The SMILES string of the molecule is CCCC(C)C(=O)NC1(c2ccccc2)CC1. The van der Waals surface area contributed by atoms with Gasteiger partial charge in [-0.05, 0) is 24.8 Å². The molecule has 92 valence electrons. The molecule has 1 unspecified atom stereocenters. The van der Waals surface area contributed by atoms with E-state index in [4.69, 9.17) is 0 Å². The molecule has 0 bridgehead atoms. The predicted octanol–water partition coefficient (Wildman–Crippen LogP) is 3.23. The van der Waals surface area contributed by atoms with Crippen LogP contribution in [0.5, 0.6) is 0 Å². The van der Waals surface area contributed by atoms with E-state index < -0.39 is 0 Å². The van der Waals surface area contributed by atoms with Crippen LogP contribution in [-0.4, -0.2) is 5.91 Å². The summed E-state index contributed by atoms with van der Waals surface area (Å²) in [6, 6.07) is 10.3. The van der Waals surface area contributed by atoms with Crippen LogP contribution in [0.3, 0.4) is 0 Å². The van der Waals surface area contributed by atoms with Gasteiger partial charge in [0.1, 0.15) is 0 Å². The highest BCUT2D eigenvalue weighted by molar-refractivity contribution is 5.79. The highest BCUT2D eigenvalue weighted by Crippen LogP contribution is 2.45. The molecule has 0 radical (unpaired) electrons. The van der Waals surface area contributed by atoms with Crippen molar-refractivity contribution in [1.82, 2.24) is 5.32 Å². The van der Waals surface area contributed by atoms with Crippen molar-refractivity contribution in [3.63, 3.8) is 0 Å². The van der Waals surface area contributed by atoms with Crippen LogP contribution in [0.25, 0.3) is 0 Å². The zero-order valence-corrected chi connectivity index (χ0v) is 10.7. The molecule has 1 aliphatic carbocycles. The van der Waals surface area contributed by atoms with Crippen molar-refractivity contribution in [3.05, 3.63) is 35.9 Å². The van der Waals surface area contributed by atoms with Gasteiger partial charge in [-0.3, -0.25) is 4.79 Å². The van der Waals surface area contributed by atoms with E-state index in [9.17, 15) is 4.79 Å². The van der Waals surface area contributed by atoms with Gasteiger partial charge >= 0.3 is 0 Å². The van der Waals surface area contributed by atoms with Crippen molar-refractivity contribution in [3.8, 4) is 0 Å². The number of rotatable bonds is 5. The minimum atomic E-state index is -0.0552. The zero-order valence-electron chi connectivity index (χ0n) is 10.7. The summed E-state index contributed by atoms with van der Waals surface area (Å²) in [5, 5.41) is 3.23. The van der Waals surface area contributed by atoms with Crippen LogP contribution in [0.2, 0.25) is 0 Å². The van der Waals surface area contributed by atoms with Crippen LogP contribution in [0, 0.1) is 5.92 Å². The summed E-state index contributed by atoms with van der Waals surface area (Å²) in [5.74, 6) is 0.328. The van der Waals surface area contributed by atoms with Crippen LogP contribution >= 0.6 is 0 Å². The van der Waals surface area contributed by atoms with Gasteiger partial charge in [0.25, 0.3) is 0 Å². The Morgan fingerprint density at radius 2 is 2.00 bits per heavy atom. The van der Waals surface area contributed by atoms with Crippen LogP contribution in [0.15, 0.2) is 30.3 Å². The molecule has 1 N–H and O–H groups in total. The fourth-order valence-electron chi connectivity index (χ4n) is 2.29. The molecule has 0 heterocycles. The molecule has 0 aliphatic heterocycles. The van der Waals surface area contributed by atoms with Gasteiger partial charge in [-0.15, -0.1) is 0 Å². The van der Waals surface area contributed by atoms with E-state index in [0.29, 0.717) is 0 Å². The third-order valence-corrected chi connectivity index (χ3v) is 3.61. The number of carbonyl (C=O) groups excluding carboxylic acids is 1. The molecule has 0 saturated heterocycles. The quantitative estimate of drug-likeness (QED) is 0.828. The summed E-state index contributed by atoms with van der Waals surface area (Å²) in [4.78, 5) is 12.1. The lowest BCUT2D eigenvalue weighted by Crippen LogP contribution is -2.38. The molecule has 1 fully saturated rings. The van der Waals surface area contributed by atoms with Gasteiger partial charge < -0.3 is 5.32 Å². The first-order chi connectivity index (χ1) is 8.18. The smallest absolute Gasteiger partial charge is 0.223 e. The number of amides is 1. The molecular weight excluding hydrogens is 210 g/mol. The fourth-order valence-corrected chi connectivity index (χ4v) is 2.29. The summed E-state index contributed by atoms with van der Waals surface area (Å²) in [6.07, 6.45) is 4.17. The highest BCUT2D eigenvalue weighted by atomic mass is 16.2. The second-order valence-electron chi connectivity index (χ2n) is 5.13. The Kier molecular flexibility index (Phi) is 3.51. The molecule has 2 nitrogen and oxygen atoms in total. The van der Waals surface area contributed by atoms with Crippen LogP contribution in [0.1, 0.15) is 45.1 Å². The Labute approximate surface area is 103 Å². The molecule has 2 rings (SSSR count). The van der Waals surface area contributed by atoms with E-state index in [1.165, 1.54) is 5.56 Å². The molecule has 0 aromatic heterocycles. The molecule has 2 heteroatoms. The molecule has 1 atom stereocenters. The Morgan fingerprint density at radius 3 is 2.53 bits per heavy atom. The summed E-state index contributed by atoms with van der Waals surface area (Å²) in [6.45, 7) is 4.13. The summed E-state index contributed by atoms with van der Waals surface area (Å²) < 4.78 is 0. The van der Waals surface area contributed by atoms with E-state index >= 15 is 0 Å². The van der Waals surface area contributed by atoms with Gasteiger partial charge in [-0.25, -0.2) is 0 Å². The molecule has 1 saturated carbocycles. The molecule has 1 amide bonds. The van der Waals surface area contributed by atoms with Crippen molar-refractivity contribution in [2.45, 2.75) is 45.1 Å². The topological polar surface area (TPSA) is 29.1 Å². The second-order valence-corrected chi connectivity index (χ2v) is 5.13. The van der Waals surface area contributed by atoms with Gasteiger partial charge in [0, 0.05) is 5.92 Å². The van der Waals surface area contributed by atoms with Crippen molar-refractivity contribution < 1.29 is 4.79 Å². The monoisotopic (exact) mass is 231 g/mol. The minimum Gasteiger partial charge on any atom is -0.346 e. The van der Waals surface area contributed by atoms with Gasteiger partial charge in [0.2, 0.25) is 5.91 Å². The largest absolute Gasteiger partial charge is 0.346 e. The highest BCUT2D eigenvalue weighted by Gasteiger charge is 2.45. The van der Waals surface area contributed by atoms with Gasteiger partial charge in [0.05, 0.1) is 5.54 Å². The normalized spacial score (nSPS) is 18.5. The number of hydrogen-bond acceptors (Lipinski definition) is 1. The predicted molar refractivity (Wildman–Crippen MR) is 69.6 cm³/mol. The minimum absolute atomic E-state index is 0.0552. The standard InChI is InChI=1S/C15H21NO/c1-3-7-12(2)14(17)16-15(10-11-15)13-8-5-4-6-9-13/h4-6,8-9,12H,3,7,10-11H2,1-2H3,(H,16,17). The van der Waals surface area contributed by atoms with Crippen molar-refractivity contribution >= 4 is 5.91 Å². The number of nitrogens with one attached hydrogen (secondary N) is 1. The van der Waals surface area contributed by atoms with Crippen LogP contribution < -0.4 is 5.32 Å². The third kappa shape index (κ3) is 2.68. The van der Waals surface area contributed by atoms with Crippen molar-refractivity contribution in [1.29, 1.82) is 0 Å². The lowest BCUT2D eigenvalue weighted by atomic mass is 10.0. The Morgan fingerprint density at radius 1 is 1.35 bits per heavy atom. The first kappa shape index (κ1) is 12.2. The van der Waals surface area contributed by atoms with E-state index in [1.807, 2.05) is 25.1 Å². The molecule has 1 aromatic rings.